The lowest BCUT2D eigenvalue weighted by molar-refractivity contribution is 0.0856. The van der Waals surface area contributed by atoms with Crippen LogP contribution >= 0.6 is 0 Å². The van der Waals surface area contributed by atoms with Gasteiger partial charge in [-0.1, -0.05) is 63.9 Å². The molecule has 2 atom stereocenters. The van der Waals surface area contributed by atoms with E-state index in [-0.39, 0.29) is 0 Å². The first-order valence-corrected chi connectivity index (χ1v) is 8.76. The smallest absolute Gasteiger partial charge is 0.0475 e. The predicted octanol–water partition coefficient (Wildman–Crippen LogP) is 4.38. The topological polar surface area (TPSA) is 15.3 Å². The monoisotopic (exact) mass is 288 g/mol. The van der Waals surface area contributed by atoms with Crippen molar-refractivity contribution in [1.82, 2.24) is 10.2 Å². The van der Waals surface area contributed by atoms with E-state index >= 15 is 0 Å². The van der Waals surface area contributed by atoms with Crippen molar-refractivity contribution in [2.24, 2.45) is 0 Å². The molecule has 1 aromatic rings. The summed E-state index contributed by atoms with van der Waals surface area (Å²) in [7, 11) is 0. The van der Waals surface area contributed by atoms with E-state index in [1.54, 1.807) is 0 Å². The molecule has 1 N–H and O–H groups in total. The third kappa shape index (κ3) is 4.82. The molecule has 0 radical (unpaired) electrons. The van der Waals surface area contributed by atoms with E-state index in [1.807, 2.05) is 0 Å². The van der Waals surface area contributed by atoms with Crippen molar-refractivity contribution in [3.8, 4) is 0 Å². The highest BCUT2D eigenvalue weighted by Gasteiger charge is 2.29. The van der Waals surface area contributed by atoms with Crippen LogP contribution in [-0.2, 0) is 0 Å². The summed E-state index contributed by atoms with van der Waals surface area (Å²) in [6.07, 6.45) is 6.76. The van der Waals surface area contributed by atoms with Crippen molar-refractivity contribution < 1.29 is 0 Å². The Hall–Kier alpha value is -0.860. The second-order valence-electron chi connectivity index (χ2n) is 6.67. The maximum Gasteiger partial charge on any atom is 0.0475 e. The van der Waals surface area contributed by atoms with Gasteiger partial charge in [0.15, 0.2) is 0 Å². The molecular formula is C19H32N2. The molecule has 1 heterocycles. The van der Waals surface area contributed by atoms with Crippen LogP contribution in [0.4, 0.5) is 0 Å². The fourth-order valence-electron chi connectivity index (χ4n) is 3.53. The SMILES string of the molecule is CCCC1CCCCN1C(CNC(C)C)c1ccccc1. The highest BCUT2D eigenvalue weighted by Crippen LogP contribution is 2.30. The standard InChI is InChI=1S/C19H32N2/c1-4-10-18-13-8-9-14-21(18)19(15-20-16(2)3)17-11-6-5-7-12-17/h5-7,11-12,16,18-20H,4,8-10,13-15H2,1-3H3. The Morgan fingerprint density at radius 1 is 1.19 bits per heavy atom. The number of hydrogen-bond donors (Lipinski definition) is 1. The van der Waals surface area contributed by atoms with Gasteiger partial charge in [0.1, 0.15) is 0 Å². The normalized spacial score (nSPS) is 21.6. The molecule has 2 nitrogen and oxygen atoms in total. The van der Waals surface area contributed by atoms with Crippen LogP contribution in [0.2, 0.25) is 0 Å². The maximum atomic E-state index is 3.66. The third-order valence-corrected chi connectivity index (χ3v) is 4.60. The van der Waals surface area contributed by atoms with E-state index in [4.69, 9.17) is 0 Å². The summed E-state index contributed by atoms with van der Waals surface area (Å²) in [4.78, 5) is 2.78. The van der Waals surface area contributed by atoms with E-state index in [2.05, 4.69) is 61.3 Å². The number of benzene rings is 1. The van der Waals surface area contributed by atoms with Gasteiger partial charge in [-0.2, -0.15) is 0 Å². The van der Waals surface area contributed by atoms with Gasteiger partial charge in [-0.15, -0.1) is 0 Å². The van der Waals surface area contributed by atoms with Gasteiger partial charge < -0.3 is 5.32 Å². The Morgan fingerprint density at radius 2 is 1.95 bits per heavy atom. The van der Waals surface area contributed by atoms with Crippen LogP contribution in [0, 0.1) is 0 Å². The van der Waals surface area contributed by atoms with E-state index in [0.717, 1.165) is 12.6 Å². The second kappa shape index (κ2) is 8.55. The second-order valence-corrected chi connectivity index (χ2v) is 6.67. The highest BCUT2D eigenvalue weighted by molar-refractivity contribution is 5.20. The first kappa shape index (κ1) is 16.5. The summed E-state index contributed by atoms with van der Waals surface area (Å²) in [5.74, 6) is 0. The quantitative estimate of drug-likeness (QED) is 0.801. The summed E-state index contributed by atoms with van der Waals surface area (Å²) < 4.78 is 0. The predicted molar refractivity (Wildman–Crippen MR) is 91.6 cm³/mol. The van der Waals surface area contributed by atoms with Gasteiger partial charge in [0.05, 0.1) is 0 Å². The average molecular weight is 288 g/mol. The average Bonchev–Trinajstić information content (AvgIpc) is 2.50. The maximum absolute atomic E-state index is 3.66. The minimum atomic E-state index is 0.519. The number of nitrogens with one attached hydrogen (secondary N) is 1. The number of piperidine rings is 1. The fraction of sp³-hybridized carbons (Fsp3) is 0.684. The molecule has 21 heavy (non-hydrogen) atoms. The zero-order valence-electron chi connectivity index (χ0n) is 14.0. The molecule has 0 aliphatic carbocycles. The van der Waals surface area contributed by atoms with Crippen LogP contribution in [0.25, 0.3) is 0 Å². The molecule has 1 aliphatic rings. The van der Waals surface area contributed by atoms with Gasteiger partial charge in [-0.3, -0.25) is 4.90 Å². The fourth-order valence-corrected chi connectivity index (χ4v) is 3.53. The molecule has 1 saturated heterocycles. The molecule has 118 valence electrons. The lowest BCUT2D eigenvalue weighted by atomic mass is 9.93. The molecule has 2 rings (SSSR count). The molecule has 0 saturated carbocycles. The first-order chi connectivity index (χ1) is 10.2. The Bertz CT molecular complexity index is 386. The molecule has 0 bridgehead atoms. The molecular weight excluding hydrogens is 256 g/mol. The van der Waals surface area contributed by atoms with Crippen LogP contribution < -0.4 is 5.32 Å². The van der Waals surface area contributed by atoms with Gasteiger partial charge in [0.2, 0.25) is 0 Å². The third-order valence-electron chi connectivity index (χ3n) is 4.60. The zero-order valence-corrected chi connectivity index (χ0v) is 14.0. The van der Waals surface area contributed by atoms with Gasteiger partial charge in [0, 0.05) is 24.7 Å². The lowest BCUT2D eigenvalue weighted by Gasteiger charge is -2.42. The summed E-state index contributed by atoms with van der Waals surface area (Å²) in [6.45, 7) is 9.10. The molecule has 1 aromatic carbocycles. The largest absolute Gasteiger partial charge is 0.313 e. The van der Waals surface area contributed by atoms with Crippen LogP contribution in [-0.4, -0.2) is 30.1 Å². The van der Waals surface area contributed by atoms with Crippen molar-refractivity contribution in [2.45, 2.75) is 71.0 Å². The zero-order chi connectivity index (χ0) is 15.1. The molecule has 2 heteroatoms. The van der Waals surface area contributed by atoms with Gasteiger partial charge in [-0.05, 0) is 31.4 Å². The van der Waals surface area contributed by atoms with E-state index in [1.165, 1.54) is 44.2 Å². The van der Waals surface area contributed by atoms with Crippen molar-refractivity contribution >= 4 is 0 Å². The van der Waals surface area contributed by atoms with Crippen LogP contribution in [0.3, 0.4) is 0 Å². The van der Waals surface area contributed by atoms with Gasteiger partial charge in [-0.25, -0.2) is 0 Å². The van der Waals surface area contributed by atoms with Crippen LogP contribution in [0.1, 0.15) is 64.5 Å². The number of nitrogens with zero attached hydrogens (tertiary/aromatic N) is 1. The van der Waals surface area contributed by atoms with E-state index in [0.29, 0.717) is 12.1 Å². The Morgan fingerprint density at radius 3 is 2.62 bits per heavy atom. The molecule has 1 fully saturated rings. The van der Waals surface area contributed by atoms with Gasteiger partial charge in [0.25, 0.3) is 0 Å². The summed E-state index contributed by atoms with van der Waals surface area (Å²) in [5, 5.41) is 3.66. The van der Waals surface area contributed by atoms with Crippen LogP contribution in [0.15, 0.2) is 30.3 Å². The van der Waals surface area contributed by atoms with Gasteiger partial charge >= 0.3 is 0 Å². The minimum absolute atomic E-state index is 0.519. The van der Waals surface area contributed by atoms with Crippen molar-refractivity contribution in [2.75, 3.05) is 13.1 Å². The number of likely N-dealkylation sites (tertiary alicyclic amines) is 1. The van der Waals surface area contributed by atoms with Crippen molar-refractivity contribution in [1.29, 1.82) is 0 Å². The Balaban J connectivity index is 2.16. The first-order valence-electron chi connectivity index (χ1n) is 8.76. The molecule has 2 unspecified atom stereocenters. The Kier molecular flexibility index (Phi) is 6.72. The summed E-state index contributed by atoms with van der Waals surface area (Å²) in [5.41, 5.74) is 1.47. The van der Waals surface area contributed by atoms with Crippen molar-refractivity contribution in [3.05, 3.63) is 35.9 Å². The molecule has 1 aliphatic heterocycles. The summed E-state index contributed by atoms with van der Waals surface area (Å²) in [6, 6.07) is 12.9. The molecule has 0 aromatic heterocycles. The highest BCUT2D eigenvalue weighted by atomic mass is 15.2. The summed E-state index contributed by atoms with van der Waals surface area (Å²) >= 11 is 0. The minimum Gasteiger partial charge on any atom is -0.313 e. The molecule has 0 amide bonds. The number of hydrogen-bond acceptors (Lipinski definition) is 2. The van der Waals surface area contributed by atoms with E-state index in [9.17, 15) is 0 Å². The molecule has 0 spiro atoms. The Labute approximate surface area is 130 Å². The number of rotatable bonds is 7. The van der Waals surface area contributed by atoms with Crippen LogP contribution in [0.5, 0.6) is 0 Å². The van der Waals surface area contributed by atoms with E-state index < -0.39 is 0 Å². The van der Waals surface area contributed by atoms with Crippen molar-refractivity contribution in [3.63, 3.8) is 0 Å². The lowest BCUT2D eigenvalue weighted by Crippen LogP contribution is -2.46.